The minimum atomic E-state index is -3.68. The van der Waals surface area contributed by atoms with Crippen molar-refractivity contribution in [1.82, 2.24) is 4.90 Å². The second-order valence-electron chi connectivity index (χ2n) is 7.88. The van der Waals surface area contributed by atoms with Crippen molar-refractivity contribution in [2.24, 2.45) is 0 Å². The molecule has 1 aliphatic rings. The quantitative estimate of drug-likeness (QED) is 0.481. The lowest BCUT2D eigenvalue weighted by molar-refractivity contribution is -0.129. The summed E-state index contributed by atoms with van der Waals surface area (Å²) in [4.78, 5) is 14.5. The fourth-order valence-corrected chi connectivity index (χ4v) is 4.57. The van der Waals surface area contributed by atoms with Crippen molar-refractivity contribution in [2.75, 3.05) is 6.26 Å². The van der Waals surface area contributed by atoms with E-state index < -0.39 is 16.2 Å². The molecule has 6 nitrogen and oxygen atoms in total. The zero-order valence-corrected chi connectivity index (χ0v) is 18.6. The Hall–Kier alpha value is -3.16. The van der Waals surface area contributed by atoms with Gasteiger partial charge in [-0.25, -0.2) is 0 Å². The Morgan fingerprint density at radius 3 is 2.06 bits per heavy atom. The van der Waals surface area contributed by atoms with E-state index in [1.54, 1.807) is 4.90 Å². The van der Waals surface area contributed by atoms with Crippen LogP contribution in [0.25, 0.3) is 0 Å². The van der Waals surface area contributed by atoms with Crippen LogP contribution in [0.5, 0.6) is 11.5 Å². The van der Waals surface area contributed by atoms with Crippen LogP contribution in [-0.4, -0.2) is 37.6 Å². The summed E-state index contributed by atoms with van der Waals surface area (Å²) in [7, 11) is -3.68. The molecule has 0 spiro atoms. The molecule has 0 aromatic heterocycles. The Morgan fingerprint density at radius 1 is 0.844 bits per heavy atom. The first-order valence-corrected chi connectivity index (χ1v) is 12.2. The van der Waals surface area contributed by atoms with Crippen LogP contribution in [0.15, 0.2) is 84.9 Å². The Bertz CT molecular complexity index is 1150. The van der Waals surface area contributed by atoms with Gasteiger partial charge in [0, 0.05) is 6.54 Å². The van der Waals surface area contributed by atoms with Gasteiger partial charge in [-0.1, -0.05) is 60.7 Å². The van der Waals surface area contributed by atoms with Gasteiger partial charge < -0.3 is 9.64 Å². The van der Waals surface area contributed by atoms with E-state index in [1.165, 1.54) is 0 Å². The van der Waals surface area contributed by atoms with Crippen molar-refractivity contribution in [1.29, 1.82) is 0 Å². The molecule has 32 heavy (non-hydrogen) atoms. The Labute approximate surface area is 188 Å². The summed E-state index contributed by atoms with van der Waals surface area (Å²) in [6.45, 7) is 0.367. The Morgan fingerprint density at radius 2 is 1.44 bits per heavy atom. The molecule has 0 N–H and O–H groups in total. The largest absolute Gasteiger partial charge is 0.457 e. The van der Waals surface area contributed by atoms with Crippen LogP contribution in [0.1, 0.15) is 17.5 Å². The van der Waals surface area contributed by atoms with Crippen LogP contribution in [0.2, 0.25) is 0 Å². The molecule has 2 atom stereocenters. The van der Waals surface area contributed by atoms with Crippen LogP contribution in [0.4, 0.5) is 0 Å². The second-order valence-corrected chi connectivity index (χ2v) is 9.48. The van der Waals surface area contributed by atoms with Gasteiger partial charge in [0.1, 0.15) is 17.6 Å². The SMILES string of the molecule is CS(=O)(=O)O[C@@H]1CC(=O)N(Cc2ccc(Oc3ccccc3)cc2)[C@@H]1Cc1ccccc1. The number of ether oxygens (including phenoxy) is 1. The van der Waals surface area contributed by atoms with Gasteiger partial charge >= 0.3 is 0 Å². The number of hydrogen-bond acceptors (Lipinski definition) is 5. The molecule has 1 aliphatic heterocycles. The van der Waals surface area contributed by atoms with E-state index in [2.05, 4.69) is 0 Å². The van der Waals surface area contributed by atoms with Crippen molar-refractivity contribution in [2.45, 2.75) is 31.5 Å². The third-order valence-corrected chi connectivity index (χ3v) is 5.96. The minimum absolute atomic E-state index is 0.0414. The molecule has 3 aromatic carbocycles. The highest BCUT2D eigenvalue weighted by Crippen LogP contribution is 2.29. The molecule has 0 aliphatic carbocycles. The van der Waals surface area contributed by atoms with E-state index in [0.29, 0.717) is 18.7 Å². The summed E-state index contributed by atoms with van der Waals surface area (Å²) in [6.07, 6.45) is 0.866. The molecular formula is C25H25NO5S. The zero-order valence-electron chi connectivity index (χ0n) is 17.8. The second kappa shape index (κ2) is 9.54. The number of rotatable bonds is 8. The van der Waals surface area contributed by atoms with E-state index in [-0.39, 0.29) is 18.4 Å². The molecule has 7 heteroatoms. The maximum Gasteiger partial charge on any atom is 0.264 e. The summed E-state index contributed by atoms with van der Waals surface area (Å²) in [5.74, 6) is 1.33. The standard InChI is InChI=1S/C25H25NO5S/c1-32(28,29)31-24-17-25(27)26(23(24)16-19-8-4-2-5-9-19)18-20-12-14-22(15-13-20)30-21-10-6-3-7-11-21/h2-15,23-24H,16-18H2,1H3/t23-,24-/m1/s1. The Kier molecular flexibility index (Phi) is 6.58. The van der Waals surface area contributed by atoms with Gasteiger partial charge in [-0.15, -0.1) is 0 Å². The van der Waals surface area contributed by atoms with Crippen molar-refractivity contribution in [3.05, 3.63) is 96.1 Å². The molecule has 1 fully saturated rings. The summed E-state index contributed by atoms with van der Waals surface area (Å²) in [6, 6.07) is 26.4. The van der Waals surface area contributed by atoms with Crippen molar-refractivity contribution in [3.63, 3.8) is 0 Å². The number of hydrogen-bond donors (Lipinski definition) is 0. The van der Waals surface area contributed by atoms with E-state index in [0.717, 1.165) is 23.1 Å². The first-order chi connectivity index (χ1) is 15.4. The number of carbonyl (C=O) groups excluding carboxylic acids is 1. The fourth-order valence-electron chi connectivity index (χ4n) is 3.92. The van der Waals surface area contributed by atoms with Gasteiger partial charge in [0.25, 0.3) is 10.1 Å². The molecule has 0 bridgehead atoms. The zero-order chi connectivity index (χ0) is 22.6. The molecule has 1 amide bonds. The number of benzene rings is 3. The van der Waals surface area contributed by atoms with Crippen LogP contribution in [0.3, 0.4) is 0 Å². The lowest BCUT2D eigenvalue weighted by Gasteiger charge is -2.28. The van der Waals surface area contributed by atoms with E-state index in [9.17, 15) is 13.2 Å². The summed E-state index contributed by atoms with van der Waals surface area (Å²) in [5, 5.41) is 0. The number of para-hydroxylation sites is 1. The third-order valence-electron chi connectivity index (χ3n) is 5.37. The average molecular weight is 452 g/mol. The smallest absolute Gasteiger partial charge is 0.264 e. The van der Waals surface area contributed by atoms with Gasteiger partial charge in [-0.2, -0.15) is 8.42 Å². The Balaban J connectivity index is 1.51. The molecule has 3 aromatic rings. The molecule has 1 saturated heterocycles. The lowest BCUT2D eigenvalue weighted by atomic mass is 10.0. The first-order valence-electron chi connectivity index (χ1n) is 10.4. The highest BCUT2D eigenvalue weighted by molar-refractivity contribution is 7.86. The van der Waals surface area contributed by atoms with E-state index in [1.807, 2.05) is 84.9 Å². The molecule has 4 rings (SSSR count). The first kappa shape index (κ1) is 22.0. The van der Waals surface area contributed by atoms with Crippen LogP contribution < -0.4 is 4.74 Å². The summed E-state index contributed by atoms with van der Waals surface area (Å²) >= 11 is 0. The normalized spacial score (nSPS) is 18.7. The van der Waals surface area contributed by atoms with Crippen molar-refractivity contribution in [3.8, 4) is 11.5 Å². The number of amides is 1. The number of carbonyl (C=O) groups is 1. The summed E-state index contributed by atoms with van der Waals surface area (Å²) in [5.41, 5.74) is 1.95. The molecule has 0 unspecified atom stereocenters. The highest BCUT2D eigenvalue weighted by atomic mass is 32.2. The minimum Gasteiger partial charge on any atom is -0.457 e. The van der Waals surface area contributed by atoms with Crippen LogP contribution in [0, 0.1) is 0 Å². The third kappa shape index (κ3) is 5.75. The maximum atomic E-state index is 12.8. The molecule has 0 radical (unpaired) electrons. The van der Waals surface area contributed by atoms with Crippen molar-refractivity contribution >= 4 is 16.0 Å². The number of likely N-dealkylation sites (tertiary alicyclic amines) is 1. The fraction of sp³-hybridized carbons (Fsp3) is 0.240. The van der Waals surface area contributed by atoms with Gasteiger partial charge in [-0.05, 0) is 41.8 Å². The highest BCUT2D eigenvalue weighted by Gasteiger charge is 2.42. The molecule has 0 saturated carbocycles. The summed E-state index contributed by atoms with van der Waals surface area (Å²) < 4.78 is 34.7. The maximum absolute atomic E-state index is 12.8. The van der Waals surface area contributed by atoms with Gasteiger partial charge in [0.05, 0.1) is 18.7 Å². The van der Waals surface area contributed by atoms with Crippen LogP contribution >= 0.6 is 0 Å². The monoisotopic (exact) mass is 451 g/mol. The molecular weight excluding hydrogens is 426 g/mol. The molecule has 166 valence electrons. The predicted octanol–water partition coefficient (Wildman–Crippen LogP) is 4.17. The van der Waals surface area contributed by atoms with Gasteiger partial charge in [-0.3, -0.25) is 8.98 Å². The number of nitrogens with zero attached hydrogens (tertiary/aromatic N) is 1. The topological polar surface area (TPSA) is 72.9 Å². The predicted molar refractivity (Wildman–Crippen MR) is 122 cm³/mol. The van der Waals surface area contributed by atoms with Crippen LogP contribution in [-0.2, 0) is 32.1 Å². The molecule has 1 heterocycles. The average Bonchev–Trinajstić information content (AvgIpc) is 3.03. The van der Waals surface area contributed by atoms with E-state index >= 15 is 0 Å². The lowest BCUT2D eigenvalue weighted by Crippen LogP contribution is -2.39. The van der Waals surface area contributed by atoms with Crippen molar-refractivity contribution < 1.29 is 22.1 Å². The van der Waals surface area contributed by atoms with Gasteiger partial charge in [0.2, 0.25) is 5.91 Å². The van der Waals surface area contributed by atoms with Gasteiger partial charge in [0.15, 0.2) is 0 Å². The van der Waals surface area contributed by atoms with E-state index in [4.69, 9.17) is 8.92 Å².